The van der Waals surface area contributed by atoms with Gasteiger partial charge in [0.1, 0.15) is 0 Å². The fourth-order valence-electron chi connectivity index (χ4n) is 4.23. The van der Waals surface area contributed by atoms with E-state index in [1.54, 1.807) is 47.6 Å². The topological polar surface area (TPSA) is 98.8 Å². The number of nitrogens with zero attached hydrogens (tertiary/aromatic N) is 2. The lowest BCUT2D eigenvalue weighted by Gasteiger charge is -2.33. The fraction of sp³-hybridized carbons (Fsp3) is 0.286. The third-order valence-electron chi connectivity index (χ3n) is 6.43. The molecule has 9 heteroatoms. The van der Waals surface area contributed by atoms with Crippen molar-refractivity contribution in [3.8, 4) is 0 Å². The summed E-state index contributed by atoms with van der Waals surface area (Å²) in [5.41, 5.74) is 3.37. The predicted molar refractivity (Wildman–Crippen MR) is 145 cm³/mol. The van der Waals surface area contributed by atoms with Gasteiger partial charge in [-0.05, 0) is 42.3 Å². The number of anilines is 1. The summed E-state index contributed by atoms with van der Waals surface area (Å²) in [4.78, 5) is 27.9. The number of piperazine rings is 1. The Balaban J connectivity index is 1.33. The van der Waals surface area contributed by atoms with Gasteiger partial charge in [0.25, 0.3) is 11.8 Å². The van der Waals surface area contributed by atoms with Crippen molar-refractivity contribution < 1.29 is 18.0 Å². The third kappa shape index (κ3) is 7.03. The van der Waals surface area contributed by atoms with Crippen LogP contribution in [0.2, 0.25) is 0 Å². The second-order valence-corrected chi connectivity index (χ2v) is 11.2. The number of benzene rings is 3. The smallest absolute Gasteiger partial charge is 0.255 e. The molecule has 1 aliphatic rings. The minimum absolute atomic E-state index is 0.124. The maximum atomic E-state index is 12.9. The number of amides is 2. The molecule has 8 nitrogen and oxygen atoms in total. The SMILES string of the molecule is CCS(=O)(=O)N1CCN(Cc2ccc(C(=O)Nc3ccccc3C(=O)NCc3ccccc3)cc2)CC1. The Hall–Kier alpha value is -3.53. The van der Waals surface area contributed by atoms with E-state index < -0.39 is 10.0 Å². The summed E-state index contributed by atoms with van der Waals surface area (Å²) in [5, 5.41) is 5.76. The van der Waals surface area contributed by atoms with Crippen LogP contribution in [0.5, 0.6) is 0 Å². The van der Waals surface area contributed by atoms with Crippen molar-refractivity contribution >= 4 is 27.5 Å². The monoisotopic (exact) mass is 520 g/mol. The Morgan fingerprint density at radius 3 is 2.11 bits per heavy atom. The molecular weight excluding hydrogens is 488 g/mol. The highest BCUT2D eigenvalue weighted by molar-refractivity contribution is 7.89. The molecule has 194 valence electrons. The first kappa shape index (κ1) is 26.5. The number of carbonyl (C=O) groups is 2. The van der Waals surface area contributed by atoms with Crippen molar-refractivity contribution in [3.63, 3.8) is 0 Å². The zero-order chi connectivity index (χ0) is 26.3. The van der Waals surface area contributed by atoms with Crippen LogP contribution in [0.25, 0.3) is 0 Å². The molecule has 1 saturated heterocycles. The number of para-hydroxylation sites is 1. The Kier molecular flexibility index (Phi) is 8.70. The van der Waals surface area contributed by atoms with Gasteiger partial charge < -0.3 is 10.6 Å². The number of rotatable bonds is 9. The van der Waals surface area contributed by atoms with E-state index in [9.17, 15) is 18.0 Å². The van der Waals surface area contributed by atoms with Gasteiger partial charge in [-0.25, -0.2) is 8.42 Å². The van der Waals surface area contributed by atoms with Gasteiger partial charge in [0, 0.05) is 44.8 Å². The third-order valence-corrected chi connectivity index (χ3v) is 8.31. The number of hydrogen-bond donors (Lipinski definition) is 2. The van der Waals surface area contributed by atoms with E-state index in [2.05, 4.69) is 15.5 Å². The fourth-order valence-corrected chi connectivity index (χ4v) is 5.31. The molecule has 1 heterocycles. The van der Waals surface area contributed by atoms with Gasteiger partial charge in [0.05, 0.1) is 17.0 Å². The van der Waals surface area contributed by atoms with Crippen LogP contribution in [0, 0.1) is 0 Å². The quantitative estimate of drug-likeness (QED) is 0.451. The summed E-state index contributed by atoms with van der Waals surface area (Å²) in [5.74, 6) is -0.436. The van der Waals surface area contributed by atoms with Crippen LogP contribution in [0.3, 0.4) is 0 Å². The standard InChI is InChI=1S/C28H32N4O4S/c1-2-37(35,36)32-18-16-31(17-19-32)21-23-12-14-24(15-13-23)27(33)30-26-11-7-6-10-25(26)28(34)29-20-22-8-4-3-5-9-22/h3-15H,2,16-21H2,1H3,(H,29,34)(H,30,33). The molecule has 0 atom stereocenters. The lowest BCUT2D eigenvalue weighted by atomic mass is 10.1. The van der Waals surface area contributed by atoms with Crippen molar-refractivity contribution in [2.75, 3.05) is 37.2 Å². The van der Waals surface area contributed by atoms with E-state index in [1.807, 2.05) is 42.5 Å². The molecule has 0 aliphatic carbocycles. The molecule has 4 rings (SSSR count). The molecule has 0 saturated carbocycles. The van der Waals surface area contributed by atoms with E-state index in [0.29, 0.717) is 56.1 Å². The molecule has 1 aliphatic heterocycles. The van der Waals surface area contributed by atoms with E-state index >= 15 is 0 Å². The summed E-state index contributed by atoms with van der Waals surface area (Å²) in [7, 11) is -3.15. The van der Waals surface area contributed by atoms with Crippen LogP contribution >= 0.6 is 0 Å². The summed E-state index contributed by atoms with van der Waals surface area (Å²) < 4.78 is 25.6. The van der Waals surface area contributed by atoms with Gasteiger partial charge in [-0.1, -0.05) is 54.6 Å². The average Bonchev–Trinajstić information content (AvgIpc) is 2.93. The zero-order valence-corrected chi connectivity index (χ0v) is 21.7. The van der Waals surface area contributed by atoms with Crippen LogP contribution in [0.1, 0.15) is 38.8 Å². The summed E-state index contributed by atoms with van der Waals surface area (Å²) >= 11 is 0. The first-order chi connectivity index (χ1) is 17.9. The first-order valence-corrected chi connectivity index (χ1v) is 14.0. The molecule has 0 radical (unpaired) electrons. The van der Waals surface area contributed by atoms with E-state index in [4.69, 9.17) is 0 Å². The highest BCUT2D eigenvalue weighted by atomic mass is 32.2. The van der Waals surface area contributed by atoms with Gasteiger partial charge in [-0.15, -0.1) is 0 Å². The van der Waals surface area contributed by atoms with Crippen LogP contribution in [-0.2, 0) is 23.1 Å². The lowest BCUT2D eigenvalue weighted by molar-refractivity contribution is 0.0951. The Labute approximate surface area is 218 Å². The summed E-state index contributed by atoms with van der Waals surface area (Å²) in [6, 6.07) is 23.9. The average molecular weight is 521 g/mol. The minimum Gasteiger partial charge on any atom is -0.348 e. The van der Waals surface area contributed by atoms with Crippen molar-refractivity contribution in [2.24, 2.45) is 0 Å². The van der Waals surface area contributed by atoms with E-state index in [-0.39, 0.29) is 17.6 Å². The highest BCUT2D eigenvalue weighted by Crippen LogP contribution is 2.18. The summed E-state index contributed by atoms with van der Waals surface area (Å²) in [6.45, 7) is 5.08. The van der Waals surface area contributed by atoms with Gasteiger partial charge in [0.2, 0.25) is 10.0 Å². The van der Waals surface area contributed by atoms with Crippen molar-refractivity contribution in [3.05, 3.63) is 101 Å². The summed E-state index contributed by atoms with van der Waals surface area (Å²) in [6.07, 6.45) is 0. The molecule has 0 bridgehead atoms. The van der Waals surface area contributed by atoms with Crippen LogP contribution in [-0.4, -0.2) is 61.4 Å². The second-order valence-electron chi connectivity index (χ2n) is 8.94. The number of hydrogen-bond acceptors (Lipinski definition) is 5. The number of sulfonamides is 1. The van der Waals surface area contributed by atoms with Crippen LogP contribution in [0.4, 0.5) is 5.69 Å². The largest absolute Gasteiger partial charge is 0.348 e. The van der Waals surface area contributed by atoms with E-state index in [0.717, 1.165) is 11.1 Å². The molecule has 0 unspecified atom stereocenters. The molecule has 2 N–H and O–H groups in total. The minimum atomic E-state index is -3.15. The van der Waals surface area contributed by atoms with Gasteiger partial charge >= 0.3 is 0 Å². The Morgan fingerprint density at radius 2 is 1.43 bits per heavy atom. The molecule has 1 fully saturated rings. The lowest BCUT2D eigenvalue weighted by Crippen LogP contribution is -2.48. The maximum Gasteiger partial charge on any atom is 0.255 e. The van der Waals surface area contributed by atoms with Gasteiger partial charge in [0.15, 0.2) is 0 Å². The normalized spacial score (nSPS) is 14.7. The molecule has 3 aromatic carbocycles. The molecule has 2 amide bonds. The molecule has 3 aromatic rings. The van der Waals surface area contributed by atoms with Crippen LogP contribution < -0.4 is 10.6 Å². The Bertz CT molecular complexity index is 1320. The second kappa shape index (κ2) is 12.1. The zero-order valence-electron chi connectivity index (χ0n) is 20.9. The Morgan fingerprint density at radius 1 is 0.784 bits per heavy atom. The van der Waals surface area contributed by atoms with Gasteiger partial charge in [-0.2, -0.15) is 4.31 Å². The number of carbonyl (C=O) groups excluding carboxylic acids is 2. The molecular formula is C28H32N4O4S. The number of nitrogens with one attached hydrogen (secondary N) is 2. The van der Waals surface area contributed by atoms with Gasteiger partial charge in [-0.3, -0.25) is 14.5 Å². The predicted octanol–water partition coefficient (Wildman–Crippen LogP) is 3.34. The van der Waals surface area contributed by atoms with Crippen LogP contribution in [0.15, 0.2) is 78.9 Å². The maximum absolute atomic E-state index is 12.9. The molecule has 37 heavy (non-hydrogen) atoms. The molecule has 0 spiro atoms. The highest BCUT2D eigenvalue weighted by Gasteiger charge is 2.25. The van der Waals surface area contributed by atoms with Crippen molar-refractivity contribution in [1.82, 2.24) is 14.5 Å². The molecule has 0 aromatic heterocycles. The van der Waals surface area contributed by atoms with Crippen molar-refractivity contribution in [2.45, 2.75) is 20.0 Å². The van der Waals surface area contributed by atoms with E-state index in [1.165, 1.54) is 0 Å². The first-order valence-electron chi connectivity index (χ1n) is 12.4. The van der Waals surface area contributed by atoms with Crippen molar-refractivity contribution in [1.29, 1.82) is 0 Å².